The van der Waals surface area contributed by atoms with E-state index >= 15 is 0 Å². The van der Waals surface area contributed by atoms with Crippen molar-refractivity contribution in [2.75, 3.05) is 20.3 Å². The van der Waals surface area contributed by atoms with Gasteiger partial charge in [-0.05, 0) is 19.9 Å². The van der Waals surface area contributed by atoms with E-state index in [-0.39, 0.29) is 12.4 Å². The predicted octanol–water partition coefficient (Wildman–Crippen LogP) is 0.261. The SMILES string of the molecule is CNC1(C(=O)O)CCOCC1.Cl. The number of carboxylic acids is 1. The number of halogens is 1. The van der Waals surface area contributed by atoms with Crippen molar-refractivity contribution in [2.24, 2.45) is 0 Å². The number of aliphatic carboxylic acids is 1. The molecule has 0 aromatic carbocycles. The zero-order chi connectivity index (χ0) is 8.32. The number of carbonyl (C=O) groups is 1. The highest BCUT2D eigenvalue weighted by molar-refractivity contribution is 5.85. The van der Waals surface area contributed by atoms with Gasteiger partial charge in [-0.2, -0.15) is 0 Å². The highest BCUT2D eigenvalue weighted by atomic mass is 35.5. The first kappa shape index (κ1) is 11.7. The van der Waals surface area contributed by atoms with Gasteiger partial charge in [0, 0.05) is 13.2 Å². The molecule has 0 aromatic rings. The molecule has 0 saturated carbocycles. The molecule has 1 saturated heterocycles. The van der Waals surface area contributed by atoms with Crippen molar-refractivity contribution in [1.82, 2.24) is 5.32 Å². The molecule has 0 bridgehead atoms. The van der Waals surface area contributed by atoms with Crippen LogP contribution in [0.15, 0.2) is 0 Å². The summed E-state index contributed by atoms with van der Waals surface area (Å²) in [5.41, 5.74) is -0.738. The van der Waals surface area contributed by atoms with Gasteiger partial charge in [0.15, 0.2) is 0 Å². The predicted molar refractivity (Wildman–Crippen MR) is 46.7 cm³/mol. The monoisotopic (exact) mass is 195 g/mol. The first-order valence-electron chi connectivity index (χ1n) is 3.71. The summed E-state index contributed by atoms with van der Waals surface area (Å²) in [4.78, 5) is 10.8. The molecule has 1 fully saturated rings. The smallest absolute Gasteiger partial charge is 0.324 e. The van der Waals surface area contributed by atoms with Crippen LogP contribution in [0.4, 0.5) is 0 Å². The Morgan fingerprint density at radius 3 is 2.25 bits per heavy atom. The van der Waals surface area contributed by atoms with Gasteiger partial charge in [-0.25, -0.2) is 0 Å². The molecule has 0 unspecified atom stereocenters. The Balaban J connectivity index is 0.00000121. The molecule has 2 N–H and O–H groups in total. The maximum atomic E-state index is 10.8. The van der Waals surface area contributed by atoms with Crippen molar-refractivity contribution in [2.45, 2.75) is 18.4 Å². The minimum atomic E-state index is -0.775. The van der Waals surface area contributed by atoms with Crippen LogP contribution in [-0.2, 0) is 9.53 Å². The minimum Gasteiger partial charge on any atom is -0.480 e. The van der Waals surface area contributed by atoms with Gasteiger partial charge < -0.3 is 15.2 Å². The van der Waals surface area contributed by atoms with Crippen molar-refractivity contribution in [1.29, 1.82) is 0 Å². The molecular weight excluding hydrogens is 182 g/mol. The van der Waals surface area contributed by atoms with E-state index in [1.54, 1.807) is 7.05 Å². The fourth-order valence-corrected chi connectivity index (χ4v) is 1.29. The largest absolute Gasteiger partial charge is 0.480 e. The third-order valence-electron chi connectivity index (χ3n) is 2.23. The van der Waals surface area contributed by atoms with E-state index < -0.39 is 11.5 Å². The van der Waals surface area contributed by atoms with Gasteiger partial charge >= 0.3 is 5.97 Å². The molecule has 0 spiro atoms. The first-order valence-corrected chi connectivity index (χ1v) is 3.71. The van der Waals surface area contributed by atoms with Gasteiger partial charge in [-0.1, -0.05) is 0 Å². The number of likely N-dealkylation sites (N-methyl/N-ethyl adjacent to an activating group) is 1. The van der Waals surface area contributed by atoms with E-state index in [1.165, 1.54) is 0 Å². The summed E-state index contributed by atoms with van der Waals surface area (Å²) in [7, 11) is 1.68. The Bertz CT molecular complexity index is 157. The lowest BCUT2D eigenvalue weighted by atomic mass is 9.90. The van der Waals surface area contributed by atoms with Gasteiger partial charge in [-0.3, -0.25) is 4.79 Å². The number of carboxylic acid groups (broad SMARTS) is 1. The molecule has 0 atom stereocenters. The topological polar surface area (TPSA) is 58.6 Å². The number of nitrogens with one attached hydrogen (secondary N) is 1. The molecule has 0 amide bonds. The van der Waals surface area contributed by atoms with E-state index in [2.05, 4.69) is 5.32 Å². The van der Waals surface area contributed by atoms with Gasteiger partial charge in [-0.15, -0.1) is 12.4 Å². The third kappa shape index (κ3) is 2.09. The molecule has 1 rings (SSSR count). The molecule has 0 aromatic heterocycles. The lowest BCUT2D eigenvalue weighted by Crippen LogP contribution is -2.53. The third-order valence-corrected chi connectivity index (χ3v) is 2.23. The van der Waals surface area contributed by atoms with Gasteiger partial charge in [0.05, 0.1) is 0 Å². The normalized spacial score (nSPS) is 21.1. The number of rotatable bonds is 2. The summed E-state index contributed by atoms with van der Waals surface area (Å²) >= 11 is 0. The standard InChI is InChI=1S/C7H13NO3.ClH/c1-8-7(6(9)10)2-4-11-5-3-7;/h8H,2-5H2,1H3,(H,9,10);1H. The van der Waals surface area contributed by atoms with E-state index in [9.17, 15) is 4.79 Å². The first-order chi connectivity index (χ1) is 5.21. The summed E-state index contributed by atoms with van der Waals surface area (Å²) < 4.78 is 5.07. The fraction of sp³-hybridized carbons (Fsp3) is 0.857. The van der Waals surface area contributed by atoms with Crippen LogP contribution in [0, 0.1) is 0 Å². The molecule has 0 aliphatic carbocycles. The Kier molecular flexibility index (Phi) is 4.52. The minimum absolute atomic E-state index is 0. The van der Waals surface area contributed by atoms with Crippen LogP contribution in [-0.4, -0.2) is 36.9 Å². The lowest BCUT2D eigenvalue weighted by Gasteiger charge is -2.32. The summed E-state index contributed by atoms with van der Waals surface area (Å²) in [6.45, 7) is 1.07. The molecule has 5 heteroatoms. The number of ether oxygens (including phenoxy) is 1. The van der Waals surface area contributed by atoms with Crippen molar-refractivity contribution >= 4 is 18.4 Å². The molecule has 1 aliphatic rings. The van der Waals surface area contributed by atoms with E-state index in [0.29, 0.717) is 26.1 Å². The number of hydrogen-bond donors (Lipinski definition) is 2. The summed E-state index contributed by atoms with van der Waals surface area (Å²) in [5, 5.41) is 11.7. The van der Waals surface area contributed by atoms with Crippen LogP contribution in [0.25, 0.3) is 0 Å². The lowest BCUT2D eigenvalue weighted by molar-refractivity contribution is -0.148. The summed E-state index contributed by atoms with van der Waals surface area (Å²) in [5.74, 6) is -0.775. The van der Waals surface area contributed by atoms with E-state index in [1.807, 2.05) is 0 Å². The molecule has 1 heterocycles. The van der Waals surface area contributed by atoms with E-state index in [0.717, 1.165) is 0 Å². The quantitative estimate of drug-likeness (QED) is 0.664. The van der Waals surface area contributed by atoms with Crippen LogP contribution in [0.5, 0.6) is 0 Å². The Morgan fingerprint density at radius 1 is 1.50 bits per heavy atom. The molecule has 72 valence electrons. The highest BCUT2D eigenvalue weighted by Gasteiger charge is 2.38. The second-order valence-electron chi connectivity index (χ2n) is 2.75. The van der Waals surface area contributed by atoms with Gasteiger partial charge in [0.25, 0.3) is 0 Å². The zero-order valence-electron chi connectivity index (χ0n) is 7.00. The Hall–Kier alpha value is -0.320. The van der Waals surface area contributed by atoms with Gasteiger partial charge in [0.1, 0.15) is 5.54 Å². The summed E-state index contributed by atoms with van der Waals surface area (Å²) in [6.07, 6.45) is 1.11. The van der Waals surface area contributed by atoms with Gasteiger partial charge in [0.2, 0.25) is 0 Å². The average molecular weight is 196 g/mol. The second kappa shape index (κ2) is 4.64. The highest BCUT2D eigenvalue weighted by Crippen LogP contribution is 2.19. The van der Waals surface area contributed by atoms with Crippen molar-refractivity contribution < 1.29 is 14.6 Å². The summed E-state index contributed by atoms with van der Waals surface area (Å²) in [6, 6.07) is 0. The van der Waals surface area contributed by atoms with Crippen LogP contribution < -0.4 is 5.32 Å². The zero-order valence-corrected chi connectivity index (χ0v) is 7.82. The van der Waals surface area contributed by atoms with Crippen molar-refractivity contribution in [3.8, 4) is 0 Å². The average Bonchev–Trinajstić information content (AvgIpc) is 2.05. The molecule has 0 radical (unpaired) electrons. The van der Waals surface area contributed by atoms with Crippen LogP contribution in [0.1, 0.15) is 12.8 Å². The molecule has 1 aliphatic heterocycles. The van der Waals surface area contributed by atoms with Crippen LogP contribution >= 0.6 is 12.4 Å². The Morgan fingerprint density at radius 2 is 2.00 bits per heavy atom. The molecule has 12 heavy (non-hydrogen) atoms. The van der Waals surface area contributed by atoms with Crippen molar-refractivity contribution in [3.05, 3.63) is 0 Å². The van der Waals surface area contributed by atoms with Crippen molar-refractivity contribution in [3.63, 3.8) is 0 Å². The molecular formula is C7H14ClNO3. The maximum Gasteiger partial charge on any atom is 0.324 e. The Labute approximate surface area is 77.7 Å². The second-order valence-corrected chi connectivity index (χ2v) is 2.75. The fourth-order valence-electron chi connectivity index (χ4n) is 1.29. The molecule has 4 nitrogen and oxygen atoms in total. The maximum absolute atomic E-state index is 10.8. The number of hydrogen-bond acceptors (Lipinski definition) is 3. The van der Waals surface area contributed by atoms with Crippen LogP contribution in [0.3, 0.4) is 0 Å². The van der Waals surface area contributed by atoms with E-state index in [4.69, 9.17) is 9.84 Å². The van der Waals surface area contributed by atoms with Crippen LogP contribution in [0.2, 0.25) is 0 Å².